The van der Waals surface area contributed by atoms with Crippen molar-refractivity contribution >= 4 is 34.8 Å². The Morgan fingerprint density at radius 1 is 1.19 bits per heavy atom. The smallest absolute Gasteiger partial charge is 0.256 e. The summed E-state index contributed by atoms with van der Waals surface area (Å²) in [7, 11) is 1.86. The van der Waals surface area contributed by atoms with Crippen LogP contribution in [-0.2, 0) is 6.42 Å². The molecule has 5 nitrogen and oxygen atoms in total. The number of hydrogen-bond donors (Lipinski definition) is 2. The van der Waals surface area contributed by atoms with Gasteiger partial charge in [-0.1, -0.05) is 41.4 Å². The maximum Gasteiger partial charge on any atom is 0.256 e. The predicted octanol–water partition coefficient (Wildman–Crippen LogP) is 2.80. The third-order valence-electron chi connectivity index (χ3n) is 2.90. The van der Waals surface area contributed by atoms with Crippen LogP contribution in [0.1, 0.15) is 15.9 Å². The predicted molar refractivity (Wildman–Crippen MR) is 84.1 cm³/mol. The van der Waals surface area contributed by atoms with Gasteiger partial charge in [0.2, 0.25) is 0 Å². The van der Waals surface area contributed by atoms with Gasteiger partial charge < -0.3 is 10.6 Å². The number of aromatic nitrogens is 2. The minimum absolute atomic E-state index is 0.107. The number of halogens is 2. The molecule has 0 aliphatic carbocycles. The van der Waals surface area contributed by atoms with E-state index in [1.165, 1.54) is 6.33 Å². The van der Waals surface area contributed by atoms with Gasteiger partial charge in [0, 0.05) is 5.56 Å². The van der Waals surface area contributed by atoms with Gasteiger partial charge >= 0.3 is 0 Å². The Morgan fingerprint density at radius 2 is 1.86 bits per heavy atom. The number of carbonyl (C=O) groups excluding carboxylic acids is 1. The highest BCUT2D eigenvalue weighted by Gasteiger charge is 2.15. The van der Waals surface area contributed by atoms with Crippen molar-refractivity contribution in [3.63, 3.8) is 0 Å². The fraction of sp³-hybridized carbons (Fsp3) is 0.214. The van der Waals surface area contributed by atoms with Crippen molar-refractivity contribution < 1.29 is 4.79 Å². The molecular formula is C14H14Cl2N4O. The van der Waals surface area contributed by atoms with E-state index in [1.807, 2.05) is 25.2 Å². The van der Waals surface area contributed by atoms with E-state index in [0.717, 1.165) is 18.5 Å². The van der Waals surface area contributed by atoms with Crippen LogP contribution in [0.4, 0.5) is 5.69 Å². The van der Waals surface area contributed by atoms with Crippen LogP contribution in [0.25, 0.3) is 0 Å². The highest BCUT2D eigenvalue weighted by molar-refractivity contribution is 6.38. The lowest BCUT2D eigenvalue weighted by atomic mass is 10.0. The zero-order chi connectivity index (χ0) is 15.2. The van der Waals surface area contributed by atoms with Crippen LogP contribution in [0.2, 0.25) is 10.3 Å². The number of rotatable bonds is 5. The number of amides is 1. The second-order valence-electron chi connectivity index (χ2n) is 4.30. The molecule has 110 valence electrons. The average molecular weight is 325 g/mol. The van der Waals surface area contributed by atoms with Gasteiger partial charge in [0.25, 0.3) is 5.91 Å². The van der Waals surface area contributed by atoms with Crippen molar-refractivity contribution in [2.24, 2.45) is 0 Å². The summed E-state index contributed by atoms with van der Waals surface area (Å²) < 4.78 is 0. The number of nitrogens with zero attached hydrogens (tertiary/aromatic N) is 2. The van der Waals surface area contributed by atoms with Crippen LogP contribution >= 0.6 is 23.2 Å². The van der Waals surface area contributed by atoms with E-state index in [2.05, 4.69) is 20.6 Å². The van der Waals surface area contributed by atoms with Gasteiger partial charge in [0.05, 0.1) is 0 Å². The van der Waals surface area contributed by atoms with Crippen LogP contribution in [0.5, 0.6) is 0 Å². The highest BCUT2D eigenvalue weighted by Crippen LogP contribution is 2.26. The van der Waals surface area contributed by atoms with Gasteiger partial charge in [-0.3, -0.25) is 4.79 Å². The van der Waals surface area contributed by atoms with Gasteiger partial charge in [-0.25, -0.2) is 9.97 Å². The molecule has 0 unspecified atom stereocenters. The lowest BCUT2D eigenvalue weighted by Crippen LogP contribution is -2.18. The van der Waals surface area contributed by atoms with Crippen molar-refractivity contribution in [2.75, 3.05) is 18.9 Å². The molecule has 21 heavy (non-hydrogen) atoms. The van der Waals surface area contributed by atoms with Crippen LogP contribution < -0.4 is 10.6 Å². The van der Waals surface area contributed by atoms with Crippen molar-refractivity contribution in [1.82, 2.24) is 15.3 Å². The number of anilines is 1. The number of nitrogens with one attached hydrogen (secondary N) is 2. The first-order chi connectivity index (χ1) is 10.1. The summed E-state index contributed by atoms with van der Waals surface area (Å²) in [6.07, 6.45) is 1.98. The number of benzene rings is 1. The van der Waals surface area contributed by atoms with Crippen molar-refractivity contribution in [3.8, 4) is 0 Å². The summed E-state index contributed by atoms with van der Waals surface area (Å²) in [5, 5.41) is 5.93. The Hall–Kier alpha value is -1.69. The summed E-state index contributed by atoms with van der Waals surface area (Å²) in [4.78, 5) is 20.0. The van der Waals surface area contributed by atoms with Gasteiger partial charge in [0.1, 0.15) is 12.0 Å². The quantitative estimate of drug-likeness (QED) is 0.830. The SMILES string of the molecule is CNCCc1ccccc1C(=O)Nc1c(Cl)ncnc1Cl. The average Bonchev–Trinajstić information content (AvgIpc) is 2.49. The van der Waals surface area contributed by atoms with E-state index in [9.17, 15) is 4.79 Å². The fourth-order valence-corrected chi connectivity index (χ4v) is 2.26. The van der Waals surface area contributed by atoms with Crippen LogP contribution in [0.15, 0.2) is 30.6 Å². The molecule has 0 bridgehead atoms. The number of hydrogen-bond acceptors (Lipinski definition) is 4. The Morgan fingerprint density at radius 3 is 2.52 bits per heavy atom. The first-order valence-electron chi connectivity index (χ1n) is 6.33. The highest BCUT2D eigenvalue weighted by atomic mass is 35.5. The maximum atomic E-state index is 12.4. The molecule has 0 saturated heterocycles. The largest absolute Gasteiger partial charge is 0.319 e. The third-order valence-corrected chi connectivity index (χ3v) is 3.47. The second kappa shape index (κ2) is 7.36. The van der Waals surface area contributed by atoms with E-state index in [1.54, 1.807) is 6.07 Å². The monoisotopic (exact) mass is 324 g/mol. The minimum Gasteiger partial charge on any atom is -0.319 e. The van der Waals surface area contributed by atoms with E-state index in [0.29, 0.717) is 5.56 Å². The number of carbonyl (C=O) groups is 1. The molecule has 2 aromatic rings. The van der Waals surface area contributed by atoms with Crippen LogP contribution in [0, 0.1) is 0 Å². The molecular weight excluding hydrogens is 311 g/mol. The molecule has 1 amide bonds. The molecule has 0 atom stereocenters. The second-order valence-corrected chi connectivity index (χ2v) is 5.01. The summed E-state index contributed by atoms with van der Waals surface area (Å²) in [5.74, 6) is -0.291. The van der Waals surface area contributed by atoms with Crippen molar-refractivity contribution in [2.45, 2.75) is 6.42 Å². The Balaban J connectivity index is 2.25. The first-order valence-corrected chi connectivity index (χ1v) is 7.09. The summed E-state index contributed by atoms with van der Waals surface area (Å²) in [6.45, 7) is 0.778. The molecule has 2 rings (SSSR count). The molecule has 0 aliphatic rings. The zero-order valence-corrected chi connectivity index (χ0v) is 12.9. The summed E-state index contributed by atoms with van der Waals surface area (Å²) >= 11 is 11.8. The molecule has 2 N–H and O–H groups in total. The molecule has 1 aromatic heterocycles. The van der Waals surface area contributed by atoms with Gasteiger partial charge in [-0.05, 0) is 31.6 Å². The number of likely N-dealkylation sites (N-methyl/N-ethyl adjacent to an activating group) is 1. The van der Waals surface area contributed by atoms with Crippen molar-refractivity contribution in [3.05, 3.63) is 52.0 Å². The van der Waals surface area contributed by atoms with E-state index in [-0.39, 0.29) is 21.9 Å². The summed E-state index contributed by atoms with van der Waals surface area (Å²) in [5.41, 5.74) is 1.73. The molecule has 1 heterocycles. The molecule has 0 radical (unpaired) electrons. The molecule has 0 aliphatic heterocycles. The van der Waals surface area contributed by atoms with E-state index in [4.69, 9.17) is 23.2 Å². The fourth-order valence-electron chi connectivity index (χ4n) is 1.85. The third kappa shape index (κ3) is 3.91. The molecule has 0 saturated carbocycles. The molecule has 0 spiro atoms. The normalized spacial score (nSPS) is 10.4. The standard InChI is InChI=1S/C14H14Cl2N4O/c1-17-7-6-9-4-2-3-5-10(9)14(21)20-11-12(15)18-8-19-13(11)16/h2-5,8,17H,6-7H2,1H3,(H,20,21). The van der Waals surface area contributed by atoms with E-state index >= 15 is 0 Å². The lowest BCUT2D eigenvalue weighted by Gasteiger charge is -2.11. The molecule has 1 aromatic carbocycles. The van der Waals surface area contributed by atoms with E-state index < -0.39 is 0 Å². The van der Waals surface area contributed by atoms with Gasteiger partial charge in [-0.2, -0.15) is 0 Å². The van der Waals surface area contributed by atoms with Crippen LogP contribution in [-0.4, -0.2) is 29.5 Å². The lowest BCUT2D eigenvalue weighted by molar-refractivity contribution is 0.102. The zero-order valence-electron chi connectivity index (χ0n) is 11.4. The van der Waals surface area contributed by atoms with Gasteiger partial charge in [0.15, 0.2) is 10.3 Å². The Labute approximate surface area is 132 Å². The Bertz CT molecular complexity index is 628. The first kappa shape index (κ1) is 15.7. The minimum atomic E-state index is -0.291. The van der Waals surface area contributed by atoms with Crippen molar-refractivity contribution in [1.29, 1.82) is 0 Å². The summed E-state index contributed by atoms with van der Waals surface area (Å²) in [6, 6.07) is 7.37. The maximum absolute atomic E-state index is 12.4. The molecule has 0 fully saturated rings. The van der Waals surface area contributed by atoms with Crippen LogP contribution in [0.3, 0.4) is 0 Å². The topological polar surface area (TPSA) is 66.9 Å². The Kier molecular flexibility index (Phi) is 5.50. The molecule has 7 heteroatoms. The van der Waals surface area contributed by atoms with Gasteiger partial charge in [-0.15, -0.1) is 0 Å².